The molecule has 4 heterocycles. The third kappa shape index (κ3) is 3.51. The van der Waals surface area contributed by atoms with Gasteiger partial charge in [-0.2, -0.15) is 10.4 Å². The van der Waals surface area contributed by atoms with Gasteiger partial charge in [0, 0.05) is 23.3 Å². The highest BCUT2D eigenvalue weighted by Gasteiger charge is 2.17. The number of aromatic nitrogens is 5. The van der Waals surface area contributed by atoms with E-state index < -0.39 is 0 Å². The average Bonchev–Trinajstić information content (AvgIpc) is 3.29. The van der Waals surface area contributed by atoms with E-state index in [1.54, 1.807) is 18.3 Å². The molecule has 8 nitrogen and oxygen atoms in total. The molecule has 0 N–H and O–H groups in total. The normalized spacial score (nSPS) is 10.7. The lowest BCUT2D eigenvalue weighted by Gasteiger charge is -2.08. The Labute approximate surface area is 157 Å². The van der Waals surface area contributed by atoms with Crippen molar-refractivity contribution in [3.8, 4) is 17.6 Å². The Kier molecular flexibility index (Phi) is 4.32. The van der Waals surface area contributed by atoms with Gasteiger partial charge in [-0.1, -0.05) is 0 Å². The summed E-state index contributed by atoms with van der Waals surface area (Å²) >= 11 is 1.45. The molecule has 0 aromatic carbocycles. The monoisotopic (exact) mass is 376 g/mol. The molecule has 0 aliphatic heterocycles. The van der Waals surface area contributed by atoms with Crippen LogP contribution in [0.1, 0.15) is 26.6 Å². The first-order valence-electron chi connectivity index (χ1n) is 7.93. The summed E-state index contributed by atoms with van der Waals surface area (Å²) in [5, 5.41) is 15.7. The second-order valence-corrected chi connectivity index (χ2v) is 6.67. The molecule has 0 saturated carbocycles. The number of rotatable bonds is 5. The number of thiazole rings is 1. The van der Waals surface area contributed by atoms with Crippen molar-refractivity contribution < 1.29 is 9.53 Å². The minimum atomic E-state index is -0.128. The number of carbonyl (C=O) groups is 1. The number of nitrogens with zero attached hydrogens (tertiary/aromatic N) is 6. The molecule has 0 aliphatic rings. The predicted molar refractivity (Wildman–Crippen MR) is 96.9 cm³/mol. The number of ether oxygens (including phenoxy) is 1. The van der Waals surface area contributed by atoms with Gasteiger partial charge in [0.25, 0.3) is 0 Å². The van der Waals surface area contributed by atoms with E-state index >= 15 is 0 Å². The van der Waals surface area contributed by atoms with Crippen molar-refractivity contribution in [3.05, 3.63) is 64.3 Å². The lowest BCUT2D eigenvalue weighted by atomic mass is 10.1. The summed E-state index contributed by atoms with van der Waals surface area (Å²) in [6.07, 6.45) is 6.10. The van der Waals surface area contributed by atoms with E-state index in [1.807, 2.05) is 18.4 Å². The van der Waals surface area contributed by atoms with Gasteiger partial charge >= 0.3 is 0 Å². The average molecular weight is 376 g/mol. The second kappa shape index (κ2) is 6.93. The molecule has 132 valence electrons. The number of hydrogen-bond acceptors (Lipinski definition) is 8. The van der Waals surface area contributed by atoms with Gasteiger partial charge in [-0.05, 0) is 13.0 Å². The van der Waals surface area contributed by atoms with Crippen LogP contribution in [0.2, 0.25) is 0 Å². The zero-order valence-corrected chi connectivity index (χ0v) is 15.0. The minimum absolute atomic E-state index is 0.128. The van der Waals surface area contributed by atoms with E-state index in [1.165, 1.54) is 34.6 Å². The van der Waals surface area contributed by atoms with Crippen LogP contribution in [0, 0.1) is 18.3 Å². The molecule has 0 amide bonds. The molecule has 0 bridgehead atoms. The molecule has 27 heavy (non-hydrogen) atoms. The number of aryl methyl sites for hydroxylation is 1. The van der Waals surface area contributed by atoms with Crippen LogP contribution in [0.3, 0.4) is 0 Å². The lowest BCUT2D eigenvalue weighted by molar-refractivity contribution is 0.0993. The number of nitriles is 1. The molecule has 4 rings (SSSR count). The van der Waals surface area contributed by atoms with Gasteiger partial charge in [-0.15, -0.1) is 11.3 Å². The fourth-order valence-electron chi connectivity index (χ4n) is 2.55. The van der Waals surface area contributed by atoms with Gasteiger partial charge in [-0.25, -0.2) is 14.5 Å². The van der Waals surface area contributed by atoms with Gasteiger partial charge < -0.3 is 4.74 Å². The minimum Gasteiger partial charge on any atom is -0.454 e. The standard InChI is InChI=1S/C18H12N6O2S/c1-11-9-27-17(23-11)4-16(25)15-3-14(8-24-18(15)21-10-22-24)26-13-2-12(5-19)6-20-7-13/h2-3,6-10H,4H2,1H3. The van der Waals surface area contributed by atoms with Crippen LogP contribution in [0.15, 0.2) is 42.4 Å². The van der Waals surface area contributed by atoms with Crippen LogP contribution in [0.5, 0.6) is 11.5 Å². The van der Waals surface area contributed by atoms with E-state index in [0.29, 0.717) is 28.3 Å². The van der Waals surface area contributed by atoms with Gasteiger partial charge in [0.05, 0.1) is 29.9 Å². The quantitative estimate of drug-likeness (QED) is 0.493. The van der Waals surface area contributed by atoms with Crippen molar-refractivity contribution >= 4 is 22.8 Å². The number of pyridine rings is 2. The van der Waals surface area contributed by atoms with Crippen LogP contribution >= 0.6 is 11.3 Å². The fourth-order valence-corrected chi connectivity index (χ4v) is 3.32. The third-order valence-electron chi connectivity index (χ3n) is 3.71. The van der Waals surface area contributed by atoms with Crippen molar-refractivity contribution in [2.75, 3.05) is 0 Å². The van der Waals surface area contributed by atoms with Gasteiger partial charge in [-0.3, -0.25) is 9.78 Å². The number of Topliss-reactive ketones (excluding diaryl/α,β-unsaturated/α-hetero) is 1. The van der Waals surface area contributed by atoms with Crippen LogP contribution < -0.4 is 4.74 Å². The number of hydrogen-bond donors (Lipinski definition) is 0. The van der Waals surface area contributed by atoms with Crippen molar-refractivity contribution in [3.63, 3.8) is 0 Å². The molecular weight excluding hydrogens is 364 g/mol. The van der Waals surface area contributed by atoms with E-state index in [4.69, 9.17) is 10.00 Å². The lowest BCUT2D eigenvalue weighted by Crippen LogP contribution is -2.07. The maximum atomic E-state index is 12.8. The highest BCUT2D eigenvalue weighted by atomic mass is 32.1. The van der Waals surface area contributed by atoms with Crippen molar-refractivity contribution in [2.45, 2.75) is 13.3 Å². The molecular formula is C18H12N6O2S. The van der Waals surface area contributed by atoms with E-state index in [-0.39, 0.29) is 12.2 Å². The summed E-state index contributed by atoms with van der Waals surface area (Å²) in [4.78, 5) is 25.3. The maximum Gasteiger partial charge on any atom is 0.173 e. The predicted octanol–water partition coefficient (Wildman–Crippen LogP) is 2.98. The van der Waals surface area contributed by atoms with Crippen LogP contribution in [0.25, 0.3) is 5.65 Å². The van der Waals surface area contributed by atoms with Crippen LogP contribution in [-0.2, 0) is 6.42 Å². The van der Waals surface area contributed by atoms with Crippen molar-refractivity contribution in [1.29, 1.82) is 5.26 Å². The Hall–Kier alpha value is -3.64. The van der Waals surface area contributed by atoms with Gasteiger partial charge in [0.2, 0.25) is 0 Å². The molecule has 0 unspecified atom stereocenters. The summed E-state index contributed by atoms with van der Waals surface area (Å²) in [6, 6.07) is 5.19. The summed E-state index contributed by atoms with van der Waals surface area (Å²) < 4.78 is 7.26. The molecule has 0 spiro atoms. The van der Waals surface area contributed by atoms with Crippen molar-refractivity contribution in [1.82, 2.24) is 24.6 Å². The SMILES string of the molecule is Cc1csc(CC(=O)c2cc(Oc3cncc(C#N)c3)cn3ncnc23)n1. The van der Waals surface area contributed by atoms with Crippen LogP contribution in [0.4, 0.5) is 0 Å². The fraction of sp³-hybridized carbons (Fsp3) is 0.111. The molecule has 0 radical (unpaired) electrons. The zero-order chi connectivity index (χ0) is 18.8. The van der Waals surface area contributed by atoms with Crippen LogP contribution in [-0.4, -0.2) is 30.3 Å². The highest BCUT2D eigenvalue weighted by Crippen LogP contribution is 2.25. The largest absolute Gasteiger partial charge is 0.454 e. The first kappa shape index (κ1) is 16.8. The molecule has 0 aliphatic carbocycles. The number of carbonyl (C=O) groups excluding carboxylic acids is 1. The Bertz CT molecular complexity index is 1190. The third-order valence-corrected chi connectivity index (χ3v) is 4.67. The number of fused-ring (bicyclic) bond motifs is 1. The molecule has 0 fully saturated rings. The number of ketones is 1. The first-order chi connectivity index (χ1) is 13.1. The Balaban J connectivity index is 1.69. The Morgan fingerprint density at radius 2 is 2.22 bits per heavy atom. The summed E-state index contributed by atoms with van der Waals surface area (Å²) in [5.74, 6) is 0.655. The summed E-state index contributed by atoms with van der Waals surface area (Å²) in [5.41, 5.74) is 2.11. The molecule has 0 saturated heterocycles. The molecule has 4 aromatic heterocycles. The zero-order valence-electron chi connectivity index (χ0n) is 14.2. The van der Waals surface area contributed by atoms with Gasteiger partial charge in [0.1, 0.15) is 28.9 Å². The van der Waals surface area contributed by atoms with Gasteiger partial charge in [0.15, 0.2) is 11.4 Å². The second-order valence-electron chi connectivity index (χ2n) is 5.72. The first-order valence-corrected chi connectivity index (χ1v) is 8.81. The van der Waals surface area contributed by atoms with E-state index in [2.05, 4.69) is 20.1 Å². The van der Waals surface area contributed by atoms with E-state index in [9.17, 15) is 4.79 Å². The smallest absolute Gasteiger partial charge is 0.173 e. The topological polar surface area (TPSA) is 106 Å². The van der Waals surface area contributed by atoms with E-state index in [0.717, 1.165) is 10.7 Å². The highest BCUT2D eigenvalue weighted by molar-refractivity contribution is 7.09. The van der Waals surface area contributed by atoms with Crippen molar-refractivity contribution in [2.24, 2.45) is 0 Å². The Morgan fingerprint density at radius 1 is 1.33 bits per heavy atom. The maximum absolute atomic E-state index is 12.8. The molecule has 0 atom stereocenters. The summed E-state index contributed by atoms with van der Waals surface area (Å²) in [6.45, 7) is 1.89. The molecule has 9 heteroatoms. The Morgan fingerprint density at radius 3 is 3.00 bits per heavy atom. The summed E-state index contributed by atoms with van der Waals surface area (Å²) in [7, 11) is 0. The molecule has 4 aromatic rings.